The van der Waals surface area contributed by atoms with Gasteiger partial charge in [-0.25, -0.2) is 4.68 Å². The largest absolute Gasteiger partial charge is 0.348 e. The molecule has 0 saturated heterocycles. The van der Waals surface area contributed by atoms with E-state index in [0.29, 0.717) is 12.1 Å². The molecule has 0 radical (unpaired) electrons. The van der Waals surface area contributed by atoms with Gasteiger partial charge in [-0.1, -0.05) is 34.1 Å². The summed E-state index contributed by atoms with van der Waals surface area (Å²) in [4.78, 5) is 12.1. The van der Waals surface area contributed by atoms with E-state index in [-0.39, 0.29) is 5.91 Å². The first kappa shape index (κ1) is 14.5. The van der Waals surface area contributed by atoms with Crippen LogP contribution in [-0.4, -0.2) is 15.7 Å². The van der Waals surface area contributed by atoms with Crippen molar-refractivity contribution in [2.45, 2.75) is 6.54 Å². The average Bonchev–Trinajstić information content (AvgIpc) is 3.07. The Morgan fingerprint density at radius 3 is 2.64 bits per heavy atom. The molecule has 110 valence electrons. The molecule has 0 spiro atoms. The third-order valence-electron chi connectivity index (χ3n) is 3.25. The quantitative estimate of drug-likeness (QED) is 0.777. The Balaban J connectivity index is 1.63. The van der Waals surface area contributed by atoms with Gasteiger partial charge in [0, 0.05) is 29.0 Å². The molecule has 5 heteroatoms. The van der Waals surface area contributed by atoms with Gasteiger partial charge in [0.05, 0.1) is 5.69 Å². The van der Waals surface area contributed by atoms with E-state index in [1.165, 1.54) is 0 Å². The summed E-state index contributed by atoms with van der Waals surface area (Å²) in [7, 11) is 0. The maximum absolute atomic E-state index is 12.1. The minimum atomic E-state index is -0.0857. The van der Waals surface area contributed by atoms with Crippen LogP contribution in [0.25, 0.3) is 5.69 Å². The van der Waals surface area contributed by atoms with E-state index in [9.17, 15) is 4.79 Å². The molecule has 0 bridgehead atoms. The predicted molar refractivity (Wildman–Crippen MR) is 88.9 cm³/mol. The van der Waals surface area contributed by atoms with E-state index < -0.39 is 0 Å². The molecule has 0 aliphatic carbocycles. The van der Waals surface area contributed by atoms with E-state index in [1.54, 1.807) is 23.0 Å². The van der Waals surface area contributed by atoms with Gasteiger partial charge in [-0.15, -0.1) is 0 Å². The first-order chi connectivity index (χ1) is 10.7. The summed E-state index contributed by atoms with van der Waals surface area (Å²) in [6.07, 6.45) is 3.64. The zero-order chi connectivity index (χ0) is 15.4. The monoisotopic (exact) mass is 355 g/mol. The fraction of sp³-hybridized carbons (Fsp3) is 0.0588. The number of carbonyl (C=O) groups excluding carboxylic acids is 1. The fourth-order valence-electron chi connectivity index (χ4n) is 2.10. The minimum Gasteiger partial charge on any atom is -0.348 e. The van der Waals surface area contributed by atoms with Gasteiger partial charge in [0.1, 0.15) is 0 Å². The maximum Gasteiger partial charge on any atom is 0.251 e. The lowest BCUT2D eigenvalue weighted by molar-refractivity contribution is 0.0951. The zero-order valence-electron chi connectivity index (χ0n) is 11.7. The lowest BCUT2D eigenvalue weighted by atomic mass is 10.2. The average molecular weight is 356 g/mol. The van der Waals surface area contributed by atoms with Crippen LogP contribution in [0.5, 0.6) is 0 Å². The molecule has 3 rings (SSSR count). The molecule has 0 unspecified atom stereocenters. The Labute approximate surface area is 136 Å². The van der Waals surface area contributed by atoms with Gasteiger partial charge >= 0.3 is 0 Å². The van der Waals surface area contributed by atoms with Crippen molar-refractivity contribution in [1.82, 2.24) is 15.1 Å². The van der Waals surface area contributed by atoms with Crippen LogP contribution in [0.4, 0.5) is 0 Å². The Bertz CT molecular complexity index is 767. The van der Waals surface area contributed by atoms with Crippen molar-refractivity contribution in [2.24, 2.45) is 0 Å². The van der Waals surface area contributed by atoms with Gasteiger partial charge in [-0.2, -0.15) is 5.10 Å². The number of aromatic nitrogens is 2. The number of hydrogen-bond acceptors (Lipinski definition) is 2. The molecule has 22 heavy (non-hydrogen) atoms. The van der Waals surface area contributed by atoms with Crippen LogP contribution >= 0.6 is 15.9 Å². The highest BCUT2D eigenvalue weighted by Gasteiger charge is 2.05. The van der Waals surface area contributed by atoms with Crippen LogP contribution in [0.3, 0.4) is 0 Å². The number of nitrogens with one attached hydrogen (secondary N) is 1. The number of benzene rings is 2. The molecule has 0 saturated carbocycles. The first-order valence-corrected chi connectivity index (χ1v) is 7.64. The Hall–Kier alpha value is -2.40. The molecular formula is C17H14BrN3O. The van der Waals surface area contributed by atoms with Gasteiger partial charge in [-0.05, 0) is 42.0 Å². The molecular weight excluding hydrogens is 342 g/mol. The van der Waals surface area contributed by atoms with Crippen LogP contribution < -0.4 is 5.32 Å². The number of nitrogens with zero attached hydrogens (tertiary/aromatic N) is 2. The minimum absolute atomic E-state index is 0.0857. The second-order valence-electron chi connectivity index (χ2n) is 4.81. The Morgan fingerprint density at radius 1 is 1.14 bits per heavy atom. The van der Waals surface area contributed by atoms with Crippen molar-refractivity contribution in [1.29, 1.82) is 0 Å². The Morgan fingerprint density at radius 2 is 1.95 bits per heavy atom. The molecule has 4 nitrogen and oxygen atoms in total. The summed E-state index contributed by atoms with van der Waals surface area (Å²) in [5, 5.41) is 7.10. The second-order valence-corrected chi connectivity index (χ2v) is 5.73. The van der Waals surface area contributed by atoms with Crippen molar-refractivity contribution in [3.05, 3.63) is 82.6 Å². The van der Waals surface area contributed by atoms with Gasteiger partial charge < -0.3 is 5.32 Å². The van der Waals surface area contributed by atoms with Gasteiger partial charge in [0.2, 0.25) is 0 Å². The SMILES string of the molecule is O=C(NCc1ccc(-n2cccn2)cc1)c1cccc(Br)c1. The van der Waals surface area contributed by atoms with Gasteiger partial charge in [0.15, 0.2) is 0 Å². The third-order valence-corrected chi connectivity index (χ3v) is 3.74. The number of halogens is 1. The van der Waals surface area contributed by atoms with E-state index in [0.717, 1.165) is 15.7 Å². The highest BCUT2D eigenvalue weighted by atomic mass is 79.9. The van der Waals surface area contributed by atoms with Gasteiger partial charge in [-0.3, -0.25) is 4.79 Å². The Kier molecular flexibility index (Phi) is 4.34. The summed E-state index contributed by atoms with van der Waals surface area (Å²) < 4.78 is 2.69. The topological polar surface area (TPSA) is 46.9 Å². The van der Waals surface area contributed by atoms with Crippen LogP contribution in [0.2, 0.25) is 0 Å². The molecule has 0 aliphatic rings. The normalized spacial score (nSPS) is 10.4. The van der Waals surface area contributed by atoms with Crippen LogP contribution in [-0.2, 0) is 6.54 Å². The van der Waals surface area contributed by atoms with Crippen molar-refractivity contribution in [3.63, 3.8) is 0 Å². The molecule has 3 aromatic rings. The molecule has 1 amide bonds. The standard InChI is InChI=1S/C17H14BrN3O/c18-15-4-1-3-14(11-15)17(22)19-12-13-5-7-16(8-6-13)21-10-2-9-20-21/h1-11H,12H2,(H,19,22). The number of carbonyl (C=O) groups is 1. The van der Waals surface area contributed by atoms with Crippen molar-refractivity contribution < 1.29 is 4.79 Å². The smallest absolute Gasteiger partial charge is 0.251 e. The van der Waals surface area contributed by atoms with E-state index in [2.05, 4.69) is 26.3 Å². The molecule has 0 aliphatic heterocycles. The van der Waals surface area contributed by atoms with E-state index in [1.807, 2.05) is 48.7 Å². The van der Waals surface area contributed by atoms with E-state index in [4.69, 9.17) is 0 Å². The summed E-state index contributed by atoms with van der Waals surface area (Å²) in [6.45, 7) is 0.491. The molecule has 1 aromatic heterocycles. The summed E-state index contributed by atoms with van der Waals surface area (Å²) in [5.41, 5.74) is 2.67. The maximum atomic E-state index is 12.1. The molecule has 1 N–H and O–H groups in total. The molecule has 1 heterocycles. The van der Waals surface area contributed by atoms with E-state index >= 15 is 0 Å². The lowest BCUT2D eigenvalue weighted by Gasteiger charge is -2.07. The van der Waals surface area contributed by atoms with Crippen LogP contribution in [0.15, 0.2) is 71.5 Å². The predicted octanol–water partition coefficient (Wildman–Crippen LogP) is 3.56. The highest BCUT2D eigenvalue weighted by Crippen LogP contribution is 2.12. The summed E-state index contributed by atoms with van der Waals surface area (Å²) in [6, 6.07) is 17.1. The highest BCUT2D eigenvalue weighted by molar-refractivity contribution is 9.10. The zero-order valence-corrected chi connectivity index (χ0v) is 13.3. The first-order valence-electron chi connectivity index (χ1n) is 6.85. The summed E-state index contributed by atoms with van der Waals surface area (Å²) in [5.74, 6) is -0.0857. The molecule has 2 aromatic carbocycles. The van der Waals surface area contributed by atoms with Crippen LogP contribution in [0, 0.1) is 0 Å². The second kappa shape index (κ2) is 6.58. The van der Waals surface area contributed by atoms with Crippen LogP contribution in [0.1, 0.15) is 15.9 Å². The van der Waals surface area contributed by atoms with Crippen molar-refractivity contribution in [2.75, 3.05) is 0 Å². The number of hydrogen-bond donors (Lipinski definition) is 1. The van der Waals surface area contributed by atoms with Gasteiger partial charge in [0.25, 0.3) is 5.91 Å². The fourth-order valence-corrected chi connectivity index (χ4v) is 2.50. The number of rotatable bonds is 4. The molecule has 0 atom stereocenters. The van der Waals surface area contributed by atoms with Crippen molar-refractivity contribution >= 4 is 21.8 Å². The van der Waals surface area contributed by atoms with Crippen molar-refractivity contribution in [3.8, 4) is 5.69 Å². The molecule has 0 fully saturated rings. The lowest BCUT2D eigenvalue weighted by Crippen LogP contribution is -2.22. The number of amides is 1. The summed E-state index contributed by atoms with van der Waals surface area (Å²) >= 11 is 3.37. The third kappa shape index (κ3) is 3.43.